The second-order valence-corrected chi connectivity index (χ2v) is 8.07. The molecule has 140 valence electrons. The number of sulfonamides is 1. The smallest absolute Gasteiger partial charge is 0.291 e. The Hall–Kier alpha value is -2.16. The molecule has 0 bridgehead atoms. The lowest BCUT2D eigenvalue weighted by Crippen LogP contribution is -2.34. The van der Waals surface area contributed by atoms with E-state index in [1.807, 2.05) is 0 Å². The van der Waals surface area contributed by atoms with E-state index in [-0.39, 0.29) is 30.1 Å². The molecule has 1 fully saturated rings. The third-order valence-electron chi connectivity index (χ3n) is 4.11. The van der Waals surface area contributed by atoms with Gasteiger partial charge in [-0.1, -0.05) is 12.1 Å². The molecule has 1 saturated heterocycles. The quantitative estimate of drug-likeness (QED) is 0.771. The van der Waals surface area contributed by atoms with Crippen LogP contribution in [0.3, 0.4) is 0 Å². The molecule has 0 spiro atoms. The van der Waals surface area contributed by atoms with Crippen LogP contribution in [-0.2, 0) is 21.3 Å². The van der Waals surface area contributed by atoms with Crippen molar-refractivity contribution >= 4 is 21.6 Å². The fourth-order valence-electron chi connectivity index (χ4n) is 2.80. The molecule has 2 heterocycles. The van der Waals surface area contributed by atoms with E-state index in [4.69, 9.17) is 9.15 Å². The average molecular weight is 378 g/mol. The summed E-state index contributed by atoms with van der Waals surface area (Å²) in [7, 11) is -3.43. The highest BCUT2D eigenvalue weighted by molar-refractivity contribution is 7.89. The first-order chi connectivity index (χ1) is 12.5. The molecule has 1 atom stereocenters. The molecule has 7 nitrogen and oxygen atoms in total. The molecule has 3 rings (SSSR count). The van der Waals surface area contributed by atoms with E-state index in [9.17, 15) is 13.2 Å². The summed E-state index contributed by atoms with van der Waals surface area (Å²) in [5, 5.41) is 2.72. The molecular formula is C18H22N2O5S. The Bertz CT molecular complexity index is 827. The first kappa shape index (κ1) is 18.6. The number of amides is 1. The van der Waals surface area contributed by atoms with Gasteiger partial charge in [0.25, 0.3) is 5.91 Å². The van der Waals surface area contributed by atoms with Gasteiger partial charge in [0.1, 0.15) is 0 Å². The largest absolute Gasteiger partial charge is 0.459 e. The molecule has 8 heteroatoms. The normalized spacial score (nSPS) is 17.8. The fraction of sp³-hybridized carbons (Fsp3) is 0.389. The topological polar surface area (TPSA) is 97.6 Å². The van der Waals surface area contributed by atoms with Crippen LogP contribution in [0.2, 0.25) is 0 Å². The minimum atomic E-state index is -3.43. The first-order valence-corrected chi connectivity index (χ1v) is 10.2. The van der Waals surface area contributed by atoms with Gasteiger partial charge in [-0.3, -0.25) is 4.79 Å². The maximum Gasteiger partial charge on any atom is 0.291 e. The van der Waals surface area contributed by atoms with E-state index in [1.54, 1.807) is 36.4 Å². The summed E-state index contributed by atoms with van der Waals surface area (Å²) in [5.74, 6) is -0.173. The summed E-state index contributed by atoms with van der Waals surface area (Å²) in [4.78, 5) is 12.0. The summed E-state index contributed by atoms with van der Waals surface area (Å²) in [6.45, 7) is 0.775. The van der Waals surface area contributed by atoms with Gasteiger partial charge in [-0.05, 0) is 49.1 Å². The molecule has 1 unspecified atom stereocenters. The van der Waals surface area contributed by atoms with Crippen LogP contribution in [0.15, 0.2) is 47.1 Å². The van der Waals surface area contributed by atoms with Crippen molar-refractivity contribution in [1.82, 2.24) is 4.72 Å². The van der Waals surface area contributed by atoms with Crippen LogP contribution in [-0.4, -0.2) is 32.8 Å². The highest BCUT2D eigenvalue weighted by atomic mass is 32.2. The highest BCUT2D eigenvalue weighted by Gasteiger charge is 2.21. The van der Waals surface area contributed by atoms with E-state index in [2.05, 4.69) is 10.0 Å². The minimum absolute atomic E-state index is 0.0259. The van der Waals surface area contributed by atoms with Crippen LogP contribution in [0.5, 0.6) is 0 Å². The van der Waals surface area contributed by atoms with E-state index in [0.717, 1.165) is 24.8 Å². The number of carbonyl (C=O) groups is 1. The van der Waals surface area contributed by atoms with Gasteiger partial charge in [0.05, 0.1) is 18.1 Å². The number of ether oxygens (including phenoxy) is 1. The number of hydrogen-bond acceptors (Lipinski definition) is 5. The lowest BCUT2D eigenvalue weighted by Gasteiger charge is -2.22. The van der Waals surface area contributed by atoms with Gasteiger partial charge in [0, 0.05) is 18.8 Å². The maximum absolute atomic E-state index is 12.2. The summed E-state index contributed by atoms with van der Waals surface area (Å²) < 4.78 is 37.6. The van der Waals surface area contributed by atoms with Crippen molar-refractivity contribution in [1.29, 1.82) is 0 Å². The Labute approximate surface area is 152 Å². The fourth-order valence-corrected chi connectivity index (χ4v) is 4.05. The molecule has 26 heavy (non-hydrogen) atoms. The van der Waals surface area contributed by atoms with Crippen LogP contribution in [0.1, 0.15) is 35.4 Å². The molecule has 1 aromatic carbocycles. The lowest BCUT2D eigenvalue weighted by atomic mass is 10.1. The van der Waals surface area contributed by atoms with Crippen molar-refractivity contribution in [2.45, 2.75) is 31.9 Å². The van der Waals surface area contributed by atoms with Crippen molar-refractivity contribution in [3.8, 4) is 0 Å². The molecule has 1 aromatic heterocycles. The molecule has 2 N–H and O–H groups in total. The Morgan fingerprint density at radius 2 is 2.08 bits per heavy atom. The maximum atomic E-state index is 12.2. The number of rotatable bonds is 7. The standard InChI is InChI=1S/C18H22N2O5S/c21-18(17-8-4-10-25-17)20-15-6-3-5-14(11-15)12-19-26(22,23)13-16-7-1-2-9-24-16/h3-6,8,10-11,16,19H,1-2,7,9,12-13H2,(H,20,21). The molecule has 1 amide bonds. The van der Waals surface area contributed by atoms with Gasteiger partial charge < -0.3 is 14.5 Å². The summed E-state index contributed by atoms with van der Waals surface area (Å²) in [6, 6.07) is 10.2. The van der Waals surface area contributed by atoms with Crippen LogP contribution < -0.4 is 10.0 Å². The van der Waals surface area contributed by atoms with E-state index in [0.29, 0.717) is 12.3 Å². The third-order valence-corrected chi connectivity index (χ3v) is 5.50. The van der Waals surface area contributed by atoms with E-state index >= 15 is 0 Å². The van der Waals surface area contributed by atoms with Crippen LogP contribution >= 0.6 is 0 Å². The van der Waals surface area contributed by atoms with Gasteiger partial charge in [-0.25, -0.2) is 13.1 Å². The van der Waals surface area contributed by atoms with E-state index < -0.39 is 10.0 Å². The summed E-state index contributed by atoms with van der Waals surface area (Å²) >= 11 is 0. The average Bonchev–Trinajstić information content (AvgIpc) is 3.16. The molecule has 0 saturated carbocycles. The molecule has 2 aromatic rings. The van der Waals surface area contributed by atoms with Crippen molar-refractivity contribution in [2.24, 2.45) is 0 Å². The molecular weight excluding hydrogens is 356 g/mol. The monoisotopic (exact) mass is 378 g/mol. The zero-order chi connectivity index (χ0) is 18.4. The Morgan fingerprint density at radius 1 is 1.19 bits per heavy atom. The third kappa shape index (κ3) is 5.42. The van der Waals surface area contributed by atoms with Gasteiger partial charge in [0.15, 0.2) is 5.76 Å². The van der Waals surface area contributed by atoms with Crippen molar-refractivity contribution in [3.63, 3.8) is 0 Å². The Morgan fingerprint density at radius 3 is 2.81 bits per heavy atom. The Kier molecular flexibility index (Phi) is 6.08. The minimum Gasteiger partial charge on any atom is -0.459 e. The van der Waals surface area contributed by atoms with Crippen LogP contribution in [0.25, 0.3) is 0 Å². The SMILES string of the molecule is O=C(Nc1cccc(CNS(=O)(=O)CC2CCCCO2)c1)c1ccco1. The van der Waals surface area contributed by atoms with Gasteiger partial charge in [0.2, 0.25) is 10.0 Å². The lowest BCUT2D eigenvalue weighted by molar-refractivity contribution is 0.0304. The first-order valence-electron chi connectivity index (χ1n) is 8.54. The van der Waals surface area contributed by atoms with Gasteiger partial charge >= 0.3 is 0 Å². The highest BCUT2D eigenvalue weighted by Crippen LogP contribution is 2.15. The molecule has 1 aliphatic rings. The molecule has 0 aliphatic carbocycles. The molecule has 0 radical (unpaired) electrons. The number of nitrogens with one attached hydrogen (secondary N) is 2. The summed E-state index contributed by atoms with van der Waals surface area (Å²) in [5.41, 5.74) is 1.31. The van der Waals surface area contributed by atoms with Gasteiger partial charge in [-0.2, -0.15) is 0 Å². The zero-order valence-corrected chi connectivity index (χ0v) is 15.1. The van der Waals surface area contributed by atoms with Crippen molar-refractivity contribution in [3.05, 3.63) is 54.0 Å². The molecule has 1 aliphatic heterocycles. The van der Waals surface area contributed by atoms with E-state index in [1.165, 1.54) is 6.26 Å². The number of anilines is 1. The van der Waals surface area contributed by atoms with Crippen molar-refractivity contribution in [2.75, 3.05) is 17.7 Å². The predicted octanol–water partition coefficient (Wildman–Crippen LogP) is 2.52. The second kappa shape index (κ2) is 8.48. The second-order valence-electron chi connectivity index (χ2n) is 6.22. The number of hydrogen-bond donors (Lipinski definition) is 2. The summed E-state index contributed by atoms with van der Waals surface area (Å²) in [6.07, 6.45) is 3.95. The van der Waals surface area contributed by atoms with Crippen LogP contribution in [0, 0.1) is 0 Å². The van der Waals surface area contributed by atoms with Crippen molar-refractivity contribution < 1.29 is 22.4 Å². The number of carbonyl (C=O) groups excluding carboxylic acids is 1. The van der Waals surface area contributed by atoms with Gasteiger partial charge in [-0.15, -0.1) is 0 Å². The zero-order valence-electron chi connectivity index (χ0n) is 14.3. The predicted molar refractivity (Wildman–Crippen MR) is 97.3 cm³/mol. The number of benzene rings is 1. The Balaban J connectivity index is 1.55. The number of furan rings is 1. The van der Waals surface area contributed by atoms with Crippen LogP contribution in [0.4, 0.5) is 5.69 Å².